The number of nitrogens with one attached hydrogen (secondary N) is 1. The molecule has 0 aliphatic carbocycles. The molecule has 4 rings (SSSR count). The van der Waals surface area contributed by atoms with Crippen molar-refractivity contribution in [1.82, 2.24) is 9.21 Å². The number of hydrogen-bond donors (Lipinski definition) is 2. The zero-order chi connectivity index (χ0) is 27.4. The van der Waals surface area contributed by atoms with Crippen LogP contribution in [0.4, 0.5) is 10.5 Å². The van der Waals surface area contributed by atoms with Crippen LogP contribution in [0.2, 0.25) is 0 Å². The fourth-order valence-electron chi connectivity index (χ4n) is 4.46. The molecule has 2 amide bonds. The summed E-state index contributed by atoms with van der Waals surface area (Å²) in [5.74, 6) is -0.0476. The standard InChI is InChI=1S/C29H35N3O5S/c1-20-10-12-23(13-11-20)24-14-15-28-26(16-24)37-27(21(2)17-32(22(3)19-33)38(28,35)36)18-31(4)29(34)30-25-8-6-5-7-9-25/h5-16,21-22,27,33H,17-19H2,1-4H3,(H,30,34)/t21-,22+,27-/m1/s1. The highest BCUT2D eigenvalue weighted by Gasteiger charge is 2.38. The maximum atomic E-state index is 13.7. The number of benzene rings is 3. The lowest BCUT2D eigenvalue weighted by Gasteiger charge is -2.37. The van der Waals surface area contributed by atoms with Gasteiger partial charge in [0.1, 0.15) is 16.7 Å². The van der Waals surface area contributed by atoms with E-state index in [0.717, 1.165) is 16.7 Å². The number of likely N-dealkylation sites (N-methyl/N-ethyl adjacent to an activating group) is 1. The van der Waals surface area contributed by atoms with Gasteiger partial charge in [0.25, 0.3) is 0 Å². The first-order valence-corrected chi connectivity index (χ1v) is 14.1. The van der Waals surface area contributed by atoms with E-state index < -0.39 is 22.2 Å². The number of anilines is 1. The number of carbonyl (C=O) groups is 1. The predicted octanol–water partition coefficient (Wildman–Crippen LogP) is 4.59. The molecule has 1 heterocycles. The molecule has 202 valence electrons. The second-order valence-electron chi connectivity index (χ2n) is 9.94. The van der Waals surface area contributed by atoms with Crippen LogP contribution >= 0.6 is 0 Å². The molecule has 1 aliphatic heterocycles. The molecule has 0 unspecified atom stereocenters. The summed E-state index contributed by atoms with van der Waals surface area (Å²) in [6, 6.07) is 21.3. The zero-order valence-corrected chi connectivity index (χ0v) is 23.0. The van der Waals surface area contributed by atoms with Crippen LogP contribution in [0.5, 0.6) is 5.75 Å². The highest BCUT2D eigenvalue weighted by molar-refractivity contribution is 7.89. The topological polar surface area (TPSA) is 99.2 Å². The Morgan fingerprint density at radius 3 is 2.42 bits per heavy atom. The van der Waals surface area contributed by atoms with E-state index in [1.807, 2.05) is 68.4 Å². The van der Waals surface area contributed by atoms with Gasteiger partial charge in [-0.2, -0.15) is 4.31 Å². The number of hydrogen-bond acceptors (Lipinski definition) is 5. The number of rotatable bonds is 6. The van der Waals surface area contributed by atoms with Crippen LogP contribution in [-0.2, 0) is 10.0 Å². The lowest BCUT2D eigenvalue weighted by Crippen LogP contribution is -2.50. The van der Waals surface area contributed by atoms with Crippen LogP contribution in [0.25, 0.3) is 11.1 Å². The van der Waals surface area contributed by atoms with Crippen molar-refractivity contribution in [2.45, 2.75) is 37.8 Å². The molecule has 1 aliphatic rings. The number of aryl methyl sites for hydroxylation is 1. The second-order valence-corrected chi connectivity index (χ2v) is 11.8. The number of aliphatic hydroxyl groups excluding tert-OH is 1. The quantitative estimate of drug-likeness (QED) is 0.479. The van der Waals surface area contributed by atoms with Crippen LogP contribution in [0, 0.1) is 12.8 Å². The molecular formula is C29H35N3O5S. The number of ether oxygens (including phenoxy) is 1. The van der Waals surface area contributed by atoms with Crippen LogP contribution < -0.4 is 10.1 Å². The summed E-state index contributed by atoms with van der Waals surface area (Å²) in [7, 11) is -2.26. The van der Waals surface area contributed by atoms with Gasteiger partial charge >= 0.3 is 6.03 Å². The van der Waals surface area contributed by atoms with Gasteiger partial charge in [-0.1, -0.05) is 61.0 Å². The molecule has 3 atom stereocenters. The van der Waals surface area contributed by atoms with Crippen molar-refractivity contribution in [2.75, 3.05) is 32.1 Å². The Bertz CT molecular complexity index is 1360. The van der Waals surface area contributed by atoms with E-state index in [2.05, 4.69) is 5.32 Å². The molecule has 0 fully saturated rings. The van der Waals surface area contributed by atoms with E-state index >= 15 is 0 Å². The third-order valence-corrected chi connectivity index (χ3v) is 8.90. The van der Waals surface area contributed by atoms with Crippen molar-refractivity contribution in [3.63, 3.8) is 0 Å². The highest BCUT2D eigenvalue weighted by atomic mass is 32.2. The molecule has 0 spiro atoms. The van der Waals surface area contributed by atoms with Crippen molar-refractivity contribution < 1.29 is 23.1 Å². The number of nitrogens with zero attached hydrogens (tertiary/aromatic N) is 2. The monoisotopic (exact) mass is 537 g/mol. The van der Waals surface area contributed by atoms with Gasteiger partial charge in [0, 0.05) is 31.2 Å². The van der Waals surface area contributed by atoms with Crippen molar-refractivity contribution in [3.8, 4) is 16.9 Å². The van der Waals surface area contributed by atoms with E-state index in [-0.39, 0.29) is 42.3 Å². The minimum absolute atomic E-state index is 0.0435. The predicted molar refractivity (Wildman–Crippen MR) is 149 cm³/mol. The average molecular weight is 538 g/mol. The number of aliphatic hydroxyl groups is 1. The van der Waals surface area contributed by atoms with Crippen molar-refractivity contribution in [1.29, 1.82) is 0 Å². The van der Waals surface area contributed by atoms with E-state index in [0.29, 0.717) is 5.69 Å². The minimum atomic E-state index is -3.95. The Balaban J connectivity index is 1.69. The minimum Gasteiger partial charge on any atom is -0.487 e. The van der Waals surface area contributed by atoms with Crippen LogP contribution in [0.15, 0.2) is 77.7 Å². The van der Waals surface area contributed by atoms with Gasteiger partial charge in [0.05, 0.1) is 13.2 Å². The molecule has 8 nitrogen and oxygen atoms in total. The maximum Gasteiger partial charge on any atom is 0.321 e. The van der Waals surface area contributed by atoms with E-state index in [9.17, 15) is 18.3 Å². The smallest absolute Gasteiger partial charge is 0.321 e. The lowest BCUT2D eigenvalue weighted by atomic mass is 10.0. The molecule has 0 aromatic heterocycles. The van der Waals surface area contributed by atoms with E-state index in [1.54, 1.807) is 32.2 Å². The summed E-state index contributed by atoms with van der Waals surface area (Å²) in [5.41, 5.74) is 3.56. The summed E-state index contributed by atoms with van der Waals surface area (Å²) < 4.78 is 35.2. The SMILES string of the molecule is Cc1ccc(-c2ccc3c(c2)O[C@H](CN(C)C(=O)Nc2ccccc2)[C@H](C)CN([C@@H](C)CO)S3(=O)=O)cc1. The first-order valence-electron chi connectivity index (χ1n) is 12.7. The molecule has 9 heteroatoms. The van der Waals surface area contributed by atoms with Crippen LogP contribution in [0.3, 0.4) is 0 Å². The normalized spacial score (nSPS) is 19.8. The van der Waals surface area contributed by atoms with Crippen molar-refractivity contribution in [3.05, 3.63) is 78.4 Å². The van der Waals surface area contributed by atoms with Crippen molar-refractivity contribution >= 4 is 21.7 Å². The summed E-state index contributed by atoms with van der Waals surface area (Å²) in [6.45, 7) is 5.65. The summed E-state index contributed by atoms with van der Waals surface area (Å²) in [4.78, 5) is 14.5. The largest absolute Gasteiger partial charge is 0.487 e. The Labute approximate surface area is 224 Å². The number of para-hydroxylation sites is 1. The first-order chi connectivity index (χ1) is 18.1. The van der Waals surface area contributed by atoms with Crippen molar-refractivity contribution in [2.24, 2.45) is 5.92 Å². The fourth-order valence-corrected chi connectivity index (χ4v) is 6.29. The van der Waals surface area contributed by atoms with Gasteiger partial charge in [-0.15, -0.1) is 0 Å². The van der Waals surface area contributed by atoms with E-state index in [4.69, 9.17) is 4.74 Å². The number of carbonyl (C=O) groups excluding carboxylic acids is 1. The Kier molecular flexibility index (Phi) is 8.40. The third kappa shape index (κ3) is 6.01. The van der Waals surface area contributed by atoms with Crippen LogP contribution in [0.1, 0.15) is 19.4 Å². The molecule has 0 saturated heterocycles. The lowest BCUT2D eigenvalue weighted by molar-refractivity contribution is 0.0830. The highest BCUT2D eigenvalue weighted by Crippen LogP contribution is 2.36. The van der Waals surface area contributed by atoms with Gasteiger partial charge in [0.15, 0.2) is 0 Å². The van der Waals surface area contributed by atoms with E-state index in [1.165, 1.54) is 9.21 Å². The Morgan fingerprint density at radius 2 is 1.76 bits per heavy atom. The molecule has 0 bridgehead atoms. The molecule has 3 aromatic carbocycles. The maximum absolute atomic E-state index is 13.7. The zero-order valence-electron chi connectivity index (χ0n) is 22.2. The molecule has 2 N–H and O–H groups in total. The molecule has 0 radical (unpaired) electrons. The van der Waals surface area contributed by atoms with Gasteiger partial charge < -0.3 is 20.1 Å². The molecule has 3 aromatic rings. The number of urea groups is 1. The summed E-state index contributed by atoms with van der Waals surface area (Å²) >= 11 is 0. The van der Waals surface area contributed by atoms with Gasteiger partial charge in [0.2, 0.25) is 10.0 Å². The molecular weight excluding hydrogens is 502 g/mol. The number of amides is 2. The Hall–Kier alpha value is -3.40. The average Bonchev–Trinajstić information content (AvgIpc) is 2.91. The van der Waals surface area contributed by atoms with Crippen LogP contribution in [-0.4, -0.2) is 67.7 Å². The number of sulfonamides is 1. The summed E-state index contributed by atoms with van der Waals surface area (Å²) in [6.07, 6.45) is -0.502. The van der Waals surface area contributed by atoms with Gasteiger partial charge in [-0.25, -0.2) is 13.2 Å². The molecule has 38 heavy (non-hydrogen) atoms. The van der Waals surface area contributed by atoms with Gasteiger partial charge in [-0.3, -0.25) is 0 Å². The second kappa shape index (κ2) is 11.6. The first kappa shape index (κ1) is 27.6. The fraction of sp³-hybridized carbons (Fsp3) is 0.345. The Morgan fingerprint density at radius 1 is 1.11 bits per heavy atom. The third-order valence-electron chi connectivity index (χ3n) is 6.88. The summed E-state index contributed by atoms with van der Waals surface area (Å²) in [5, 5.41) is 12.7. The molecule has 0 saturated carbocycles. The van der Waals surface area contributed by atoms with Gasteiger partial charge in [-0.05, 0) is 49.2 Å². The number of fused-ring (bicyclic) bond motifs is 1.